The van der Waals surface area contributed by atoms with E-state index in [4.69, 9.17) is 0 Å². The molecule has 0 N–H and O–H groups in total. The van der Waals surface area contributed by atoms with Gasteiger partial charge in [0.25, 0.3) is 0 Å². The molecule has 0 atom stereocenters. The van der Waals surface area contributed by atoms with Gasteiger partial charge in [-0.2, -0.15) is 0 Å². The fourth-order valence-electron chi connectivity index (χ4n) is 0.760. The molecule has 0 fully saturated rings. The summed E-state index contributed by atoms with van der Waals surface area (Å²) in [5.41, 5.74) is 0.595. The summed E-state index contributed by atoms with van der Waals surface area (Å²) in [6, 6.07) is 3.57. The molecule has 1 aromatic rings. The number of hydrogen-bond acceptors (Lipinski definition) is 3. The first kappa shape index (κ1) is 9.91. The minimum absolute atomic E-state index is 0.0178. The van der Waals surface area contributed by atoms with Crippen molar-refractivity contribution in [2.75, 3.05) is 6.26 Å². The third kappa shape index (κ3) is 3.48. The molecule has 0 aliphatic heterocycles. The standard InChI is InChI=1S/C7H8INO2S/c1-12(10,11)5-7-3-2-6(8)4-9-7/h2-4H,5H2,1H3. The smallest absolute Gasteiger partial charge is 0.153 e. The molecule has 0 saturated carbocycles. The first-order valence-electron chi connectivity index (χ1n) is 3.25. The second-order valence-electron chi connectivity index (χ2n) is 2.54. The maximum Gasteiger partial charge on any atom is 0.153 e. The molecule has 12 heavy (non-hydrogen) atoms. The Balaban J connectivity index is 2.85. The topological polar surface area (TPSA) is 47.0 Å². The van der Waals surface area contributed by atoms with E-state index in [0.29, 0.717) is 5.69 Å². The lowest BCUT2D eigenvalue weighted by Crippen LogP contribution is -2.02. The van der Waals surface area contributed by atoms with Gasteiger partial charge in [-0.05, 0) is 34.7 Å². The van der Waals surface area contributed by atoms with Crippen LogP contribution in [0.5, 0.6) is 0 Å². The van der Waals surface area contributed by atoms with Gasteiger partial charge in [-0.15, -0.1) is 0 Å². The van der Waals surface area contributed by atoms with E-state index in [0.717, 1.165) is 3.57 Å². The summed E-state index contributed by atoms with van der Waals surface area (Å²) < 4.78 is 22.7. The number of halogens is 1. The third-order valence-electron chi connectivity index (χ3n) is 1.20. The summed E-state index contributed by atoms with van der Waals surface area (Å²) in [5, 5.41) is 0. The van der Waals surface area contributed by atoms with Crippen LogP contribution in [0.25, 0.3) is 0 Å². The Morgan fingerprint density at radius 1 is 1.50 bits per heavy atom. The molecular weight excluding hydrogens is 289 g/mol. The molecule has 0 aliphatic rings. The average Bonchev–Trinajstić information content (AvgIpc) is 1.91. The number of rotatable bonds is 2. The Labute approximate surface area is 85.3 Å². The molecule has 1 rings (SSSR count). The zero-order chi connectivity index (χ0) is 9.19. The minimum atomic E-state index is -2.95. The Bertz CT molecular complexity index is 357. The molecular formula is C7H8INO2S. The van der Waals surface area contributed by atoms with Crippen molar-refractivity contribution < 1.29 is 8.42 Å². The molecule has 0 spiro atoms. The summed E-state index contributed by atoms with van der Waals surface area (Å²) in [5.74, 6) is 0.0178. The number of aromatic nitrogens is 1. The number of pyridine rings is 1. The molecule has 5 heteroatoms. The van der Waals surface area contributed by atoms with Crippen molar-refractivity contribution in [3.63, 3.8) is 0 Å². The van der Waals surface area contributed by atoms with Gasteiger partial charge < -0.3 is 0 Å². The van der Waals surface area contributed by atoms with Crippen molar-refractivity contribution in [1.29, 1.82) is 0 Å². The summed E-state index contributed by atoms with van der Waals surface area (Å²) in [6.07, 6.45) is 2.85. The number of hydrogen-bond donors (Lipinski definition) is 0. The third-order valence-corrected chi connectivity index (χ3v) is 2.66. The molecule has 66 valence electrons. The lowest BCUT2D eigenvalue weighted by molar-refractivity contribution is 0.600. The lowest BCUT2D eigenvalue weighted by Gasteiger charge is -1.97. The van der Waals surface area contributed by atoms with Crippen molar-refractivity contribution in [3.05, 3.63) is 27.6 Å². The van der Waals surface area contributed by atoms with Crippen LogP contribution < -0.4 is 0 Å². The molecule has 1 heterocycles. The maximum absolute atomic E-state index is 10.8. The monoisotopic (exact) mass is 297 g/mol. The van der Waals surface area contributed by atoms with Gasteiger partial charge in [0.2, 0.25) is 0 Å². The molecule has 0 amide bonds. The fraction of sp³-hybridized carbons (Fsp3) is 0.286. The van der Waals surface area contributed by atoms with Gasteiger partial charge in [0.05, 0.1) is 11.4 Å². The largest absolute Gasteiger partial charge is 0.259 e. The highest BCUT2D eigenvalue weighted by Gasteiger charge is 2.04. The van der Waals surface area contributed by atoms with E-state index in [1.165, 1.54) is 6.26 Å². The normalized spacial score (nSPS) is 11.5. The second-order valence-corrected chi connectivity index (χ2v) is 5.92. The highest BCUT2D eigenvalue weighted by atomic mass is 127. The fourth-order valence-corrected chi connectivity index (χ4v) is 1.79. The van der Waals surface area contributed by atoms with E-state index in [1.807, 2.05) is 6.07 Å². The zero-order valence-electron chi connectivity index (χ0n) is 6.49. The van der Waals surface area contributed by atoms with Crippen LogP contribution >= 0.6 is 22.6 Å². The van der Waals surface area contributed by atoms with Crippen LogP contribution in [0, 0.1) is 3.57 Å². The molecule has 0 aromatic carbocycles. The summed E-state index contributed by atoms with van der Waals surface area (Å²) in [6.45, 7) is 0. The molecule has 3 nitrogen and oxygen atoms in total. The quantitative estimate of drug-likeness (QED) is 0.771. The van der Waals surface area contributed by atoms with Crippen LogP contribution in [0.3, 0.4) is 0 Å². The van der Waals surface area contributed by atoms with Gasteiger partial charge in [-0.1, -0.05) is 0 Å². The van der Waals surface area contributed by atoms with E-state index in [-0.39, 0.29) is 5.75 Å². The van der Waals surface area contributed by atoms with Crippen molar-refractivity contribution in [1.82, 2.24) is 4.98 Å². The Morgan fingerprint density at radius 3 is 2.58 bits per heavy atom. The van der Waals surface area contributed by atoms with Crippen LogP contribution in [0.2, 0.25) is 0 Å². The van der Waals surface area contributed by atoms with E-state index in [1.54, 1.807) is 12.3 Å². The maximum atomic E-state index is 10.8. The highest BCUT2D eigenvalue weighted by molar-refractivity contribution is 14.1. The number of sulfone groups is 1. The zero-order valence-corrected chi connectivity index (χ0v) is 9.46. The van der Waals surface area contributed by atoms with Crippen molar-refractivity contribution in [2.45, 2.75) is 5.75 Å². The summed E-state index contributed by atoms with van der Waals surface area (Å²) in [4.78, 5) is 3.98. The molecule has 0 unspecified atom stereocenters. The average molecular weight is 297 g/mol. The second kappa shape index (κ2) is 3.69. The van der Waals surface area contributed by atoms with Gasteiger partial charge in [0, 0.05) is 16.0 Å². The van der Waals surface area contributed by atoms with Crippen LogP contribution in [0.15, 0.2) is 18.3 Å². The SMILES string of the molecule is CS(=O)(=O)Cc1ccc(I)cn1. The lowest BCUT2D eigenvalue weighted by atomic mass is 10.4. The van der Waals surface area contributed by atoms with Gasteiger partial charge in [0.15, 0.2) is 9.84 Å². The molecule has 0 radical (unpaired) electrons. The molecule has 0 aliphatic carbocycles. The van der Waals surface area contributed by atoms with Crippen LogP contribution in [0.4, 0.5) is 0 Å². The summed E-state index contributed by atoms with van der Waals surface area (Å²) in [7, 11) is -2.95. The predicted molar refractivity (Wildman–Crippen MR) is 55.5 cm³/mol. The molecule has 0 saturated heterocycles. The summed E-state index contributed by atoms with van der Waals surface area (Å²) >= 11 is 2.12. The van der Waals surface area contributed by atoms with Gasteiger partial charge in [0.1, 0.15) is 0 Å². The highest BCUT2D eigenvalue weighted by Crippen LogP contribution is 2.05. The van der Waals surface area contributed by atoms with Gasteiger partial charge in [-0.25, -0.2) is 8.42 Å². The molecule has 1 aromatic heterocycles. The van der Waals surface area contributed by atoms with E-state index in [2.05, 4.69) is 27.6 Å². The first-order valence-corrected chi connectivity index (χ1v) is 6.39. The minimum Gasteiger partial charge on any atom is -0.259 e. The van der Waals surface area contributed by atoms with Crippen molar-refractivity contribution in [3.8, 4) is 0 Å². The van der Waals surface area contributed by atoms with Crippen LogP contribution in [-0.4, -0.2) is 19.7 Å². The Hall–Kier alpha value is -0.170. The molecule has 0 bridgehead atoms. The van der Waals surface area contributed by atoms with Crippen LogP contribution in [0.1, 0.15) is 5.69 Å². The van der Waals surface area contributed by atoms with E-state index >= 15 is 0 Å². The van der Waals surface area contributed by atoms with Crippen LogP contribution in [-0.2, 0) is 15.6 Å². The van der Waals surface area contributed by atoms with Gasteiger partial charge in [-0.3, -0.25) is 4.98 Å². The van der Waals surface area contributed by atoms with E-state index < -0.39 is 9.84 Å². The van der Waals surface area contributed by atoms with Crippen molar-refractivity contribution in [2.24, 2.45) is 0 Å². The predicted octanol–water partition coefficient (Wildman–Crippen LogP) is 1.23. The Kier molecular flexibility index (Phi) is 3.05. The van der Waals surface area contributed by atoms with Crippen molar-refractivity contribution >= 4 is 32.4 Å². The number of nitrogens with zero attached hydrogens (tertiary/aromatic N) is 1. The van der Waals surface area contributed by atoms with E-state index in [9.17, 15) is 8.42 Å². The Morgan fingerprint density at radius 2 is 2.17 bits per heavy atom. The first-order chi connectivity index (χ1) is 5.47. The van der Waals surface area contributed by atoms with Gasteiger partial charge >= 0.3 is 0 Å².